The summed E-state index contributed by atoms with van der Waals surface area (Å²) in [7, 11) is -13.5. The predicted molar refractivity (Wildman–Crippen MR) is 159 cm³/mol. The summed E-state index contributed by atoms with van der Waals surface area (Å²) in [6.07, 6.45) is -7.19. The van der Waals surface area contributed by atoms with Crippen LogP contribution in [0.5, 0.6) is 0 Å². The van der Waals surface area contributed by atoms with Gasteiger partial charge >= 0.3 is 0 Å². The summed E-state index contributed by atoms with van der Waals surface area (Å²) in [5.74, 6) is -1.20. The Labute approximate surface area is 263 Å². The zero-order valence-corrected chi connectivity index (χ0v) is 27.6. The molecule has 2 saturated heterocycles. The Bertz CT molecular complexity index is 1840. The van der Waals surface area contributed by atoms with Gasteiger partial charge < -0.3 is 14.2 Å². The Morgan fingerprint density at radius 2 is 1.11 bits per heavy atom. The first-order valence-corrected chi connectivity index (χ1v) is 18.2. The van der Waals surface area contributed by atoms with Crippen LogP contribution in [0.3, 0.4) is 0 Å². The standard InChI is InChI=1S/C30H34O12S3/c1-19-6-12-22(13-7-19)43(31,32)37-18-25(41-44(33,34)23-14-8-20(2)9-15-23)26-27(28-29(38-26)40-30(4,5)39-28)42-45(35,36)24-16-10-21(3)11-17-24/h6-17,25-29H,18H2,1-5H3/t25-,26+,27+,28-,29+/m1/s1. The summed E-state index contributed by atoms with van der Waals surface area (Å²) in [6, 6.07) is 17.5. The minimum Gasteiger partial charge on any atom is -0.341 e. The maximum atomic E-state index is 13.4. The van der Waals surface area contributed by atoms with Crippen LogP contribution in [-0.2, 0) is 57.1 Å². The molecule has 3 aromatic rings. The average Bonchev–Trinajstić information content (AvgIpc) is 3.43. The van der Waals surface area contributed by atoms with Gasteiger partial charge in [-0.1, -0.05) is 53.1 Å². The van der Waals surface area contributed by atoms with Gasteiger partial charge in [-0.05, 0) is 71.0 Å². The zero-order chi connectivity index (χ0) is 32.8. The topological polar surface area (TPSA) is 158 Å². The van der Waals surface area contributed by atoms with Crippen molar-refractivity contribution in [2.45, 2.75) is 85.8 Å². The molecule has 0 spiro atoms. The average molecular weight is 683 g/mol. The van der Waals surface area contributed by atoms with Crippen molar-refractivity contribution in [3.8, 4) is 0 Å². The van der Waals surface area contributed by atoms with Crippen LogP contribution in [-0.4, -0.2) is 68.4 Å². The van der Waals surface area contributed by atoms with Crippen molar-refractivity contribution in [3.63, 3.8) is 0 Å². The summed E-state index contributed by atoms with van der Waals surface area (Å²) < 4.78 is 114. The van der Waals surface area contributed by atoms with Crippen molar-refractivity contribution in [2.75, 3.05) is 6.61 Å². The molecule has 2 aliphatic rings. The highest BCUT2D eigenvalue weighted by Crippen LogP contribution is 2.42. The van der Waals surface area contributed by atoms with Crippen LogP contribution in [0.2, 0.25) is 0 Å². The van der Waals surface area contributed by atoms with Gasteiger partial charge in [0.05, 0.1) is 21.3 Å². The number of rotatable bonds is 11. The second kappa shape index (κ2) is 12.5. The molecule has 2 aliphatic heterocycles. The van der Waals surface area contributed by atoms with E-state index in [0.717, 1.165) is 16.7 Å². The van der Waals surface area contributed by atoms with E-state index in [1.54, 1.807) is 71.0 Å². The third-order valence-corrected chi connectivity index (χ3v) is 11.2. The van der Waals surface area contributed by atoms with Gasteiger partial charge in [0.25, 0.3) is 30.4 Å². The fraction of sp³-hybridized carbons (Fsp3) is 0.400. The lowest BCUT2D eigenvalue weighted by Crippen LogP contribution is -2.47. The molecule has 15 heteroatoms. The van der Waals surface area contributed by atoms with E-state index >= 15 is 0 Å². The SMILES string of the molecule is Cc1ccc(S(=O)(=O)OC[C@@H](OS(=O)(=O)c2ccc(C)cc2)[C@@H]2O[C@H]3OC(C)(C)O[C@@H]3[C@H]2OS(=O)(=O)c2ccc(C)cc2)cc1. The molecule has 0 saturated carbocycles. The Morgan fingerprint density at radius 3 is 1.60 bits per heavy atom. The molecule has 0 unspecified atom stereocenters. The Morgan fingerprint density at radius 1 is 0.667 bits per heavy atom. The van der Waals surface area contributed by atoms with Crippen molar-refractivity contribution in [1.82, 2.24) is 0 Å². The molecule has 45 heavy (non-hydrogen) atoms. The second-order valence-corrected chi connectivity index (χ2v) is 16.1. The van der Waals surface area contributed by atoms with E-state index < -0.39 is 73.5 Å². The maximum Gasteiger partial charge on any atom is 0.297 e. The fourth-order valence-electron chi connectivity index (χ4n) is 4.85. The lowest BCUT2D eigenvalue weighted by atomic mass is 10.1. The van der Waals surface area contributed by atoms with E-state index in [2.05, 4.69) is 0 Å². The lowest BCUT2D eigenvalue weighted by molar-refractivity contribution is -0.223. The van der Waals surface area contributed by atoms with Crippen LogP contribution in [0, 0.1) is 20.8 Å². The normalized spacial score (nSPS) is 23.9. The molecular formula is C30H34O12S3. The number of ether oxygens (including phenoxy) is 3. The second-order valence-electron chi connectivity index (χ2n) is 11.4. The van der Waals surface area contributed by atoms with Crippen LogP contribution in [0.1, 0.15) is 30.5 Å². The maximum absolute atomic E-state index is 13.4. The third kappa shape index (κ3) is 7.64. The lowest BCUT2D eigenvalue weighted by Gasteiger charge is -2.30. The quantitative estimate of drug-likeness (QED) is 0.270. The van der Waals surface area contributed by atoms with Crippen LogP contribution in [0.25, 0.3) is 0 Å². The third-order valence-electron chi connectivity index (χ3n) is 7.20. The van der Waals surface area contributed by atoms with Crippen molar-refractivity contribution in [2.24, 2.45) is 0 Å². The van der Waals surface area contributed by atoms with Gasteiger partial charge in [-0.3, -0.25) is 12.5 Å². The van der Waals surface area contributed by atoms with E-state index in [1.807, 2.05) is 0 Å². The van der Waals surface area contributed by atoms with Crippen molar-refractivity contribution >= 4 is 30.4 Å². The molecule has 244 valence electrons. The first-order chi connectivity index (χ1) is 21.0. The Balaban J connectivity index is 1.51. The highest BCUT2D eigenvalue weighted by atomic mass is 32.2. The predicted octanol–water partition coefficient (Wildman–Crippen LogP) is 3.74. The first kappa shape index (κ1) is 33.6. The van der Waals surface area contributed by atoms with E-state index in [-0.39, 0.29) is 14.7 Å². The van der Waals surface area contributed by atoms with Gasteiger partial charge in [-0.15, -0.1) is 0 Å². The minimum atomic E-state index is -4.56. The van der Waals surface area contributed by atoms with E-state index in [4.69, 9.17) is 26.8 Å². The van der Waals surface area contributed by atoms with Gasteiger partial charge in [-0.2, -0.15) is 25.3 Å². The molecule has 0 bridgehead atoms. The zero-order valence-electron chi connectivity index (χ0n) is 25.1. The number of benzene rings is 3. The minimum absolute atomic E-state index is 0.170. The summed E-state index contributed by atoms with van der Waals surface area (Å²) in [6.45, 7) is 7.62. The Kier molecular flexibility index (Phi) is 9.32. The van der Waals surface area contributed by atoms with Gasteiger partial charge in [0.2, 0.25) is 0 Å². The number of fused-ring (bicyclic) bond motifs is 1. The van der Waals surface area contributed by atoms with Gasteiger partial charge in [0.15, 0.2) is 12.1 Å². The monoisotopic (exact) mass is 682 g/mol. The van der Waals surface area contributed by atoms with Gasteiger partial charge in [-0.25, -0.2) is 0 Å². The Hall–Kier alpha value is -2.73. The first-order valence-electron chi connectivity index (χ1n) is 13.9. The molecule has 2 fully saturated rings. The molecule has 2 heterocycles. The molecule has 12 nitrogen and oxygen atoms in total. The van der Waals surface area contributed by atoms with Crippen molar-refractivity contribution in [3.05, 3.63) is 89.5 Å². The van der Waals surface area contributed by atoms with Crippen molar-refractivity contribution in [1.29, 1.82) is 0 Å². The summed E-state index contributed by atoms with van der Waals surface area (Å²) in [5, 5.41) is 0. The van der Waals surface area contributed by atoms with Crippen LogP contribution >= 0.6 is 0 Å². The number of hydrogen-bond donors (Lipinski definition) is 0. The van der Waals surface area contributed by atoms with Crippen LogP contribution in [0.4, 0.5) is 0 Å². The summed E-state index contributed by atoms with van der Waals surface area (Å²) >= 11 is 0. The van der Waals surface area contributed by atoms with E-state index in [0.29, 0.717) is 0 Å². The summed E-state index contributed by atoms with van der Waals surface area (Å²) in [5.41, 5.74) is 2.41. The van der Waals surface area contributed by atoms with Crippen LogP contribution < -0.4 is 0 Å². The number of aryl methyl sites for hydroxylation is 3. The summed E-state index contributed by atoms with van der Waals surface area (Å²) in [4.78, 5) is -0.576. The van der Waals surface area contributed by atoms with Crippen LogP contribution in [0.15, 0.2) is 87.5 Å². The largest absolute Gasteiger partial charge is 0.341 e. The molecular weight excluding hydrogens is 649 g/mol. The molecule has 5 atom stereocenters. The van der Waals surface area contributed by atoms with Gasteiger partial charge in [0.1, 0.15) is 24.4 Å². The molecule has 0 radical (unpaired) electrons. The molecule has 3 aromatic carbocycles. The molecule has 0 amide bonds. The molecule has 5 rings (SSSR count). The van der Waals surface area contributed by atoms with E-state index in [1.165, 1.54) is 36.4 Å². The number of hydrogen-bond acceptors (Lipinski definition) is 12. The highest BCUT2D eigenvalue weighted by molar-refractivity contribution is 7.87. The fourth-order valence-corrected chi connectivity index (χ4v) is 7.93. The molecule has 0 aliphatic carbocycles. The van der Waals surface area contributed by atoms with Gasteiger partial charge in [0, 0.05) is 0 Å². The smallest absolute Gasteiger partial charge is 0.297 e. The highest BCUT2D eigenvalue weighted by Gasteiger charge is 2.59. The van der Waals surface area contributed by atoms with Crippen molar-refractivity contribution < 1.29 is 52.0 Å². The van der Waals surface area contributed by atoms with E-state index in [9.17, 15) is 25.3 Å². The molecule has 0 aromatic heterocycles. The molecule has 0 N–H and O–H groups in total.